The fourth-order valence-electron chi connectivity index (χ4n) is 4.90. The van der Waals surface area contributed by atoms with E-state index in [2.05, 4.69) is 20.9 Å². The fraction of sp³-hybridized carbons (Fsp3) is 0.636. The molecule has 11 heteroatoms. The molecule has 0 spiro atoms. The van der Waals surface area contributed by atoms with E-state index in [4.69, 9.17) is 9.47 Å². The molecule has 5 heterocycles. The molecule has 1 amide bonds. The number of H-pyrrole nitrogens is 1. The highest BCUT2D eigenvalue weighted by atomic mass is 32.2. The number of ether oxygens (including phenoxy) is 2. The number of aromatic amines is 1. The molecule has 3 aliphatic rings. The van der Waals surface area contributed by atoms with Gasteiger partial charge in [0.25, 0.3) is 0 Å². The number of likely N-dealkylation sites (tertiary alicyclic amines) is 1. The number of amides is 1. The Labute approximate surface area is 193 Å². The van der Waals surface area contributed by atoms with Crippen molar-refractivity contribution >= 4 is 27.1 Å². The highest BCUT2D eigenvalue weighted by Crippen LogP contribution is 2.34. The molecule has 33 heavy (non-hydrogen) atoms. The van der Waals surface area contributed by atoms with E-state index in [0.717, 1.165) is 37.0 Å². The third-order valence-electron chi connectivity index (χ3n) is 7.00. The Morgan fingerprint density at radius 3 is 2.70 bits per heavy atom. The molecule has 0 radical (unpaired) electrons. The van der Waals surface area contributed by atoms with Crippen molar-refractivity contribution in [2.24, 2.45) is 0 Å². The van der Waals surface area contributed by atoms with E-state index in [0.29, 0.717) is 45.4 Å². The molecule has 10 nitrogen and oxygen atoms in total. The van der Waals surface area contributed by atoms with Crippen molar-refractivity contribution in [3.63, 3.8) is 0 Å². The topological polar surface area (TPSA) is 108 Å². The van der Waals surface area contributed by atoms with Gasteiger partial charge in [0.05, 0.1) is 13.2 Å². The lowest BCUT2D eigenvalue weighted by molar-refractivity contribution is 0.0224. The zero-order valence-electron chi connectivity index (χ0n) is 18.7. The van der Waals surface area contributed by atoms with Crippen molar-refractivity contribution in [2.45, 2.75) is 24.0 Å². The lowest BCUT2D eigenvalue weighted by Gasteiger charge is -2.41. The van der Waals surface area contributed by atoms with Gasteiger partial charge >= 0.3 is 6.09 Å². The highest BCUT2D eigenvalue weighted by molar-refractivity contribution is 7.89. The normalized spacial score (nSPS) is 21.9. The van der Waals surface area contributed by atoms with Crippen LogP contribution < -0.4 is 0 Å². The number of nitrogens with zero attached hydrogens (tertiary/aromatic N) is 4. The molecular formula is C22H31N5O5S. The van der Waals surface area contributed by atoms with Gasteiger partial charge in [-0.15, -0.1) is 0 Å². The number of hydrogen-bond donors (Lipinski definition) is 1. The molecule has 0 atom stereocenters. The summed E-state index contributed by atoms with van der Waals surface area (Å²) >= 11 is 0. The lowest BCUT2D eigenvalue weighted by atomic mass is 9.90. The molecule has 3 saturated heterocycles. The Bertz CT molecular complexity index is 1070. The molecule has 0 aromatic carbocycles. The third-order valence-corrected chi connectivity index (χ3v) is 9.23. The van der Waals surface area contributed by atoms with Gasteiger partial charge in [-0.2, -0.15) is 0 Å². The Morgan fingerprint density at radius 2 is 1.94 bits per heavy atom. The summed E-state index contributed by atoms with van der Waals surface area (Å²) in [5.74, 6) is 0.314. The van der Waals surface area contributed by atoms with Crippen LogP contribution in [0.15, 0.2) is 24.5 Å². The maximum Gasteiger partial charge on any atom is 0.409 e. The van der Waals surface area contributed by atoms with Crippen molar-refractivity contribution in [3.05, 3.63) is 30.1 Å². The van der Waals surface area contributed by atoms with Crippen LogP contribution in [0.4, 0.5) is 4.79 Å². The quantitative estimate of drug-likeness (QED) is 0.667. The van der Waals surface area contributed by atoms with Crippen LogP contribution in [-0.2, 0) is 19.5 Å². The molecule has 3 aliphatic heterocycles. The first kappa shape index (κ1) is 22.6. The summed E-state index contributed by atoms with van der Waals surface area (Å²) < 4.78 is 38.4. The Hall–Kier alpha value is -2.21. The standard InChI is InChI=1S/C22H31N5O5S/c28-22(32-13-10-25-8-11-31-12-9-25)26-15-18(16-26)33(29,30)27-6-3-17(4-7-27)20-14-24-21-19(20)2-1-5-23-21/h1-2,5,14,17-18H,3-4,6-13,15-16H2,(H,23,24). The van der Waals surface area contributed by atoms with Crippen LogP contribution in [0.1, 0.15) is 24.3 Å². The second-order valence-corrected chi connectivity index (χ2v) is 11.2. The van der Waals surface area contributed by atoms with Gasteiger partial charge in [0.1, 0.15) is 17.5 Å². The molecule has 180 valence electrons. The number of rotatable bonds is 6. The first-order valence-corrected chi connectivity index (χ1v) is 13.2. The fourth-order valence-corrected chi connectivity index (χ4v) is 6.78. The number of carbonyl (C=O) groups is 1. The minimum absolute atomic E-state index is 0.201. The van der Waals surface area contributed by atoms with Gasteiger partial charge < -0.3 is 19.4 Å². The summed E-state index contributed by atoms with van der Waals surface area (Å²) in [6.07, 6.45) is 4.89. The predicted octanol–water partition coefficient (Wildman–Crippen LogP) is 1.23. The van der Waals surface area contributed by atoms with Gasteiger partial charge in [-0.3, -0.25) is 4.90 Å². The Kier molecular flexibility index (Phi) is 6.55. The average molecular weight is 478 g/mol. The minimum atomic E-state index is -3.42. The first-order valence-electron chi connectivity index (χ1n) is 11.6. The molecule has 1 N–H and O–H groups in total. The minimum Gasteiger partial charge on any atom is -0.448 e. The number of nitrogens with one attached hydrogen (secondary N) is 1. The third kappa shape index (κ3) is 4.72. The van der Waals surface area contributed by atoms with Crippen LogP contribution >= 0.6 is 0 Å². The molecule has 0 unspecified atom stereocenters. The predicted molar refractivity (Wildman–Crippen MR) is 123 cm³/mol. The van der Waals surface area contributed by atoms with Crippen LogP contribution in [0.25, 0.3) is 11.0 Å². The monoisotopic (exact) mass is 477 g/mol. The maximum absolute atomic E-state index is 13.1. The number of aromatic nitrogens is 2. The molecule has 2 aromatic heterocycles. The number of carbonyl (C=O) groups excluding carboxylic acids is 1. The van der Waals surface area contributed by atoms with Crippen molar-refractivity contribution in [2.75, 3.05) is 65.6 Å². The summed E-state index contributed by atoms with van der Waals surface area (Å²) in [4.78, 5) is 23.5. The summed E-state index contributed by atoms with van der Waals surface area (Å²) in [5, 5.41) is 0.568. The maximum atomic E-state index is 13.1. The molecule has 0 aliphatic carbocycles. The van der Waals surface area contributed by atoms with Crippen LogP contribution in [0.5, 0.6) is 0 Å². The zero-order valence-corrected chi connectivity index (χ0v) is 19.5. The van der Waals surface area contributed by atoms with Crippen molar-refractivity contribution in [1.29, 1.82) is 0 Å². The van der Waals surface area contributed by atoms with Gasteiger partial charge in [0.2, 0.25) is 10.0 Å². The van der Waals surface area contributed by atoms with E-state index >= 15 is 0 Å². The summed E-state index contributed by atoms with van der Waals surface area (Å²) in [6, 6.07) is 3.98. The van der Waals surface area contributed by atoms with E-state index < -0.39 is 21.4 Å². The van der Waals surface area contributed by atoms with E-state index in [1.165, 1.54) is 10.5 Å². The number of morpholine rings is 1. The van der Waals surface area contributed by atoms with Crippen molar-refractivity contribution < 1.29 is 22.7 Å². The highest BCUT2D eigenvalue weighted by Gasteiger charge is 2.44. The Morgan fingerprint density at radius 1 is 1.18 bits per heavy atom. The van der Waals surface area contributed by atoms with Gasteiger partial charge in [-0.1, -0.05) is 0 Å². The van der Waals surface area contributed by atoms with Crippen molar-refractivity contribution in [3.8, 4) is 0 Å². The number of sulfonamides is 1. The van der Waals surface area contributed by atoms with Gasteiger partial charge in [0, 0.05) is 63.6 Å². The molecule has 5 rings (SSSR count). The summed E-state index contributed by atoms with van der Waals surface area (Å²) in [5.41, 5.74) is 2.08. The molecule has 2 aromatic rings. The molecule has 0 saturated carbocycles. The van der Waals surface area contributed by atoms with E-state index in [1.807, 2.05) is 12.3 Å². The second-order valence-electron chi connectivity index (χ2n) is 8.96. The first-order chi connectivity index (χ1) is 16.0. The van der Waals surface area contributed by atoms with E-state index in [9.17, 15) is 13.2 Å². The van der Waals surface area contributed by atoms with Gasteiger partial charge in [0.15, 0.2) is 0 Å². The number of piperidine rings is 1. The largest absolute Gasteiger partial charge is 0.448 e. The van der Waals surface area contributed by atoms with Crippen LogP contribution in [0.3, 0.4) is 0 Å². The second kappa shape index (κ2) is 9.57. The van der Waals surface area contributed by atoms with Crippen molar-refractivity contribution in [1.82, 2.24) is 24.1 Å². The molecule has 3 fully saturated rings. The zero-order chi connectivity index (χ0) is 22.8. The lowest BCUT2D eigenvalue weighted by Crippen LogP contribution is -2.60. The van der Waals surface area contributed by atoms with Crippen LogP contribution in [-0.4, -0.2) is 109 Å². The van der Waals surface area contributed by atoms with Crippen LogP contribution in [0.2, 0.25) is 0 Å². The molecule has 0 bridgehead atoms. The number of pyridine rings is 1. The van der Waals surface area contributed by atoms with Crippen LogP contribution in [0, 0.1) is 0 Å². The van der Waals surface area contributed by atoms with E-state index in [-0.39, 0.29) is 13.1 Å². The average Bonchev–Trinajstić information content (AvgIpc) is 3.23. The summed E-state index contributed by atoms with van der Waals surface area (Å²) in [6.45, 7) is 5.48. The Balaban J connectivity index is 1.08. The van der Waals surface area contributed by atoms with Gasteiger partial charge in [-0.25, -0.2) is 22.5 Å². The van der Waals surface area contributed by atoms with Gasteiger partial charge in [-0.05, 0) is 36.5 Å². The van der Waals surface area contributed by atoms with E-state index in [1.54, 1.807) is 10.5 Å². The number of hydrogen-bond acceptors (Lipinski definition) is 7. The smallest absolute Gasteiger partial charge is 0.409 e. The number of fused-ring (bicyclic) bond motifs is 1. The molecular weight excluding hydrogens is 446 g/mol. The SMILES string of the molecule is O=C(OCCN1CCOCC1)N1CC(S(=O)(=O)N2CCC(c3c[nH]c4ncccc34)CC2)C1. The summed E-state index contributed by atoms with van der Waals surface area (Å²) in [7, 11) is -3.42.